The van der Waals surface area contributed by atoms with Crippen molar-refractivity contribution in [2.45, 2.75) is 58.7 Å². The van der Waals surface area contributed by atoms with Gasteiger partial charge < -0.3 is 29.0 Å². The van der Waals surface area contributed by atoms with E-state index in [1.54, 1.807) is 14.1 Å². The second-order valence-corrected chi connectivity index (χ2v) is 10.8. The Hall–Kier alpha value is -4.08. The van der Waals surface area contributed by atoms with Crippen LogP contribution in [0.15, 0.2) is 53.1 Å². The molecule has 0 aliphatic carbocycles. The average Bonchev–Trinajstić information content (AvgIpc) is 3.35. The van der Waals surface area contributed by atoms with E-state index in [1.165, 1.54) is 4.90 Å². The molecule has 1 aromatic heterocycles. The Labute approximate surface area is 229 Å². The van der Waals surface area contributed by atoms with Gasteiger partial charge in [-0.05, 0) is 62.6 Å². The van der Waals surface area contributed by atoms with E-state index in [2.05, 4.69) is 41.4 Å². The lowest BCUT2D eigenvalue weighted by molar-refractivity contribution is 0.0525. The quantitative estimate of drug-likeness (QED) is 0.340. The number of nitrogens with zero attached hydrogens (tertiary/aromatic N) is 3. The third kappa shape index (κ3) is 8.73. The molecule has 39 heavy (non-hydrogen) atoms. The molecule has 0 saturated carbocycles. The number of carbonyl (C=O) groups excluding carboxylic acids is 2. The van der Waals surface area contributed by atoms with Crippen LogP contribution in [0.1, 0.15) is 68.7 Å². The molecule has 3 rings (SSSR count). The zero-order chi connectivity index (χ0) is 28.6. The van der Waals surface area contributed by atoms with Gasteiger partial charge >= 0.3 is 6.09 Å². The van der Waals surface area contributed by atoms with E-state index in [1.807, 2.05) is 57.2 Å². The van der Waals surface area contributed by atoms with Crippen LogP contribution in [0.25, 0.3) is 0 Å². The fourth-order valence-corrected chi connectivity index (χ4v) is 3.61. The van der Waals surface area contributed by atoms with Crippen LogP contribution in [0, 0.1) is 0 Å². The summed E-state index contributed by atoms with van der Waals surface area (Å²) in [7, 11) is 3.24. The second-order valence-electron chi connectivity index (χ2n) is 10.8. The average molecular weight is 539 g/mol. The topological polar surface area (TPSA) is 116 Å². The fraction of sp³-hybridized carbons (Fsp3) is 0.448. The summed E-state index contributed by atoms with van der Waals surface area (Å²) in [4.78, 5) is 29.0. The van der Waals surface area contributed by atoms with Crippen molar-refractivity contribution in [1.82, 2.24) is 20.4 Å². The lowest BCUT2D eigenvalue weighted by Gasteiger charge is -2.26. The number of ether oxygens (including phenoxy) is 3. The number of aromatic nitrogens is 2. The lowest BCUT2D eigenvalue weighted by atomic mass is 9.78. The maximum Gasteiger partial charge on any atom is 0.407 e. The van der Waals surface area contributed by atoms with Crippen LogP contribution in [0.2, 0.25) is 0 Å². The van der Waals surface area contributed by atoms with Crippen LogP contribution in [-0.2, 0) is 16.8 Å². The molecule has 0 aliphatic heterocycles. The molecule has 2 amide bonds. The zero-order valence-electron chi connectivity index (χ0n) is 23.7. The summed E-state index contributed by atoms with van der Waals surface area (Å²) < 4.78 is 21.9. The van der Waals surface area contributed by atoms with E-state index in [0.29, 0.717) is 25.3 Å². The number of alkyl carbamates (subject to hydrolysis) is 1. The molecule has 10 nitrogen and oxygen atoms in total. The minimum atomic E-state index is -0.512. The Bertz CT molecular complexity index is 1230. The minimum absolute atomic E-state index is 0.00215. The predicted octanol–water partition coefficient (Wildman–Crippen LogP) is 4.97. The lowest BCUT2D eigenvalue weighted by Crippen LogP contribution is -2.33. The van der Waals surface area contributed by atoms with E-state index in [-0.39, 0.29) is 29.6 Å². The number of nitrogens with one attached hydrogen (secondary N) is 1. The van der Waals surface area contributed by atoms with Crippen molar-refractivity contribution in [3.05, 3.63) is 71.4 Å². The molecule has 3 aromatic rings. The summed E-state index contributed by atoms with van der Waals surface area (Å²) in [6.45, 7) is 10.8. The van der Waals surface area contributed by atoms with Crippen molar-refractivity contribution in [3.8, 4) is 11.5 Å². The summed E-state index contributed by atoms with van der Waals surface area (Å²) in [6.07, 6.45) is 0.246. The third-order valence-electron chi connectivity index (χ3n) is 5.84. The Morgan fingerprint density at radius 3 is 2.00 bits per heavy atom. The second kappa shape index (κ2) is 12.6. The molecule has 0 spiro atoms. The molecular weight excluding hydrogens is 500 g/mol. The molecule has 1 N–H and O–H groups in total. The molecule has 0 aliphatic rings. The van der Waals surface area contributed by atoms with Gasteiger partial charge in [-0.3, -0.25) is 4.79 Å². The first-order valence-corrected chi connectivity index (χ1v) is 12.8. The van der Waals surface area contributed by atoms with Gasteiger partial charge in [0.25, 0.3) is 17.6 Å². The van der Waals surface area contributed by atoms with Crippen molar-refractivity contribution in [1.29, 1.82) is 0 Å². The fourth-order valence-electron chi connectivity index (χ4n) is 3.61. The normalized spacial score (nSPS) is 11.6. The highest BCUT2D eigenvalue weighted by Gasteiger charge is 2.23. The number of benzene rings is 2. The standard InChI is InChI=1S/C29H38N4O6/c1-28(2,3)38-27(35)30-17-8-18-36-22-13-9-20(10-14-22)29(4,5)21-11-15-23(16-12-21)37-19-24-31-25(32-39-24)26(34)33(6)7/h9-16H,8,17-19H2,1-7H3,(H,30,35). The van der Waals surface area contributed by atoms with Crippen molar-refractivity contribution in [3.63, 3.8) is 0 Å². The molecule has 10 heteroatoms. The van der Waals surface area contributed by atoms with Gasteiger partial charge in [0, 0.05) is 26.1 Å². The van der Waals surface area contributed by atoms with Crippen molar-refractivity contribution >= 4 is 12.0 Å². The van der Waals surface area contributed by atoms with Gasteiger partial charge in [-0.1, -0.05) is 43.3 Å². The first-order valence-electron chi connectivity index (χ1n) is 12.8. The van der Waals surface area contributed by atoms with Gasteiger partial charge in [0.1, 0.15) is 17.1 Å². The highest BCUT2D eigenvalue weighted by atomic mass is 16.6. The maximum absolute atomic E-state index is 11.9. The van der Waals surface area contributed by atoms with E-state index in [0.717, 1.165) is 16.9 Å². The molecule has 0 fully saturated rings. The van der Waals surface area contributed by atoms with Gasteiger partial charge in [-0.25, -0.2) is 4.79 Å². The van der Waals surface area contributed by atoms with Gasteiger partial charge in [0.15, 0.2) is 6.61 Å². The van der Waals surface area contributed by atoms with Crippen LogP contribution >= 0.6 is 0 Å². The summed E-state index contributed by atoms with van der Waals surface area (Å²) in [5.41, 5.74) is 1.50. The van der Waals surface area contributed by atoms with Gasteiger partial charge in [-0.2, -0.15) is 4.98 Å². The van der Waals surface area contributed by atoms with Crippen LogP contribution in [-0.4, -0.2) is 59.9 Å². The van der Waals surface area contributed by atoms with E-state index < -0.39 is 11.7 Å². The molecule has 0 radical (unpaired) electrons. The highest BCUT2D eigenvalue weighted by Crippen LogP contribution is 2.33. The molecule has 0 unspecified atom stereocenters. The van der Waals surface area contributed by atoms with E-state index in [9.17, 15) is 9.59 Å². The SMILES string of the molecule is CN(C)C(=O)c1noc(COc2ccc(C(C)(C)c3ccc(OCCCNC(=O)OC(C)(C)C)cc3)cc2)n1. The Balaban J connectivity index is 1.48. The van der Waals surface area contributed by atoms with Crippen LogP contribution in [0.5, 0.6) is 11.5 Å². The molecule has 1 heterocycles. The summed E-state index contributed by atoms with van der Waals surface area (Å²) in [5.74, 6) is 1.32. The summed E-state index contributed by atoms with van der Waals surface area (Å²) in [5, 5.41) is 6.42. The monoisotopic (exact) mass is 538 g/mol. The molecular formula is C29H38N4O6. The van der Waals surface area contributed by atoms with Gasteiger partial charge in [0.2, 0.25) is 0 Å². The Morgan fingerprint density at radius 2 is 1.46 bits per heavy atom. The maximum atomic E-state index is 11.9. The number of amides is 2. The predicted molar refractivity (Wildman–Crippen MR) is 146 cm³/mol. The first kappa shape index (κ1) is 29.5. The minimum Gasteiger partial charge on any atom is -0.494 e. The van der Waals surface area contributed by atoms with E-state index in [4.69, 9.17) is 18.7 Å². The van der Waals surface area contributed by atoms with Crippen LogP contribution in [0.4, 0.5) is 4.79 Å². The molecule has 0 atom stereocenters. The number of rotatable bonds is 11. The number of hydrogen-bond donors (Lipinski definition) is 1. The molecule has 2 aromatic carbocycles. The highest BCUT2D eigenvalue weighted by molar-refractivity contribution is 5.89. The van der Waals surface area contributed by atoms with Crippen LogP contribution < -0.4 is 14.8 Å². The largest absolute Gasteiger partial charge is 0.494 e. The third-order valence-corrected chi connectivity index (χ3v) is 5.84. The van der Waals surface area contributed by atoms with Crippen molar-refractivity contribution < 1.29 is 28.3 Å². The molecule has 0 saturated heterocycles. The Morgan fingerprint density at radius 1 is 0.897 bits per heavy atom. The molecule has 210 valence electrons. The van der Waals surface area contributed by atoms with E-state index >= 15 is 0 Å². The molecule has 0 bridgehead atoms. The van der Waals surface area contributed by atoms with Crippen molar-refractivity contribution in [2.75, 3.05) is 27.2 Å². The number of hydrogen-bond acceptors (Lipinski definition) is 8. The van der Waals surface area contributed by atoms with Gasteiger partial charge in [0.05, 0.1) is 6.61 Å². The first-order chi connectivity index (χ1) is 18.3. The Kier molecular flexibility index (Phi) is 9.56. The summed E-state index contributed by atoms with van der Waals surface area (Å²) >= 11 is 0. The van der Waals surface area contributed by atoms with Crippen LogP contribution in [0.3, 0.4) is 0 Å². The van der Waals surface area contributed by atoms with Gasteiger partial charge in [-0.15, -0.1) is 0 Å². The smallest absolute Gasteiger partial charge is 0.407 e. The zero-order valence-corrected chi connectivity index (χ0v) is 23.7. The summed E-state index contributed by atoms with van der Waals surface area (Å²) in [6, 6.07) is 15.8. The van der Waals surface area contributed by atoms with Crippen molar-refractivity contribution in [2.24, 2.45) is 0 Å². The number of carbonyl (C=O) groups is 2.